The highest BCUT2D eigenvalue weighted by atomic mass is 16.4. The van der Waals surface area contributed by atoms with Gasteiger partial charge < -0.3 is 5.11 Å². The average molecular weight is 287 g/mol. The SMILES string of the molecule is CNC(Cn1nc(C)c(C)c1C)(C(=O)O)c1ccccc1. The molecule has 0 fully saturated rings. The molecule has 0 saturated heterocycles. The molecule has 2 aromatic rings. The lowest BCUT2D eigenvalue weighted by atomic mass is 9.90. The normalized spacial score (nSPS) is 13.9. The zero-order chi connectivity index (χ0) is 15.6. The van der Waals surface area contributed by atoms with Crippen LogP contribution in [0, 0.1) is 20.8 Å². The van der Waals surface area contributed by atoms with Crippen LogP contribution in [-0.4, -0.2) is 27.9 Å². The van der Waals surface area contributed by atoms with Gasteiger partial charge in [-0.15, -0.1) is 0 Å². The molecule has 1 unspecified atom stereocenters. The summed E-state index contributed by atoms with van der Waals surface area (Å²) in [6.07, 6.45) is 0. The predicted molar refractivity (Wildman–Crippen MR) is 81.3 cm³/mol. The van der Waals surface area contributed by atoms with Crippen molar-refractivity contribution in [2.24, 2.45) is 0 Å². The molecule has 2 N–H and O–H groups in total. The van der Waals surface area contributed by atoms with Gasteiger partial charge in [0.1, 0.15) is 0 Å². The maximum Gasteiger partial charge on any atom is 0.330 e. The van der Waals surface area contributed by atoms with Gasteiger partial charge in [-0.05, 0) is 38.9 Å². The van der Waals surface area contributed by atoms with Crippen molar-refractivity contribution in [2.45, 2.75) is 32.9 Å². The van der Waals surface area contributed by atoms with E-state index in [2.05, 4.69) is 10.4 Å². The topological polar surface area (TPSA) is 67.2 Å². The van der Waals surface area contributed by atoms with Gasteiger partial charge in [-0.25, -0.2) is 4.79 Å². The summed E-state index contributed by atoms with van der Waals surface area (Å²) >= 11 is 0. The third-order valence-electron chi connectivity index (χ3n) is 4.19. The smallest absolute Gasteiger partial charge is 0.330 e. The Labute approximate surface area is 124 Å². The summed E-state index contributed by atoms with van der Waals surface area (Å²) in [4.78, 5) is 12.0. The summed E-state index contributed by atoms with van der Waals surface area (Å²) in [5.41, 5.74) is 2.53. The molecular weight excluding hydrogens is 266 g/mol. The molecule has 0 aliphatic carbocycles. The maximum absolute atomic E-state index is 12.0. The van der Waals surface area contributed by atoms with Crippen LogP contribution in [-0.2, 0) is 16.9 Å². The second-order valence-electron chi connectivity index (χ2n) is 5.28. The minimum atomic E-state index is -1.20. The molecule has 112 valence electrons. The Kier molecular flexibility index (Phi) is 4.14. The number of aromatic nitrogens is 2. The molecule has 5 nitrogen and oxygen atoms in total. The van der Waals surface area contributed by atoms with Crippen LogP contribution in [0.1, 0.15) is 22.5 Å². The molecule has 0 spiro atoms. The van der Waals surface area contributed by atoms with Crippen molar-refractivity contribution in [3.63, 3.8) is 0 Å². The molecule has 0 saturated carbocycles. The molecule has 0 amide bonds. The van der Waals surface area contributed by atoms with Crippen molar-refractivity contribution < 1.29 is 9.90 Å². The van der Waals surface area contributed by atoms with E-state index in [0.717, 1.165) is 17.0 Å². The first-order chi connectivity index (χ1) is 9.92. The van der Waals surface area contributed by atoms with E-state index in [1.165, 1.54) is 0 Å². The largest absolute Gasteiger partial charge is 0.480 e. The Morgan fingerprint density at radius 2 is 1.90 bits per heavy atom. The van der Waals surface area contributed by atoms with E-state index in [1.54, 1.807) is 11.7 Å². The number of nitrogens with one attached hydrogen (secondary N) is 1. The summed E-state index contributed by atoms with van der Waals surface area (Å²) in [5, 5.41) is 17.2. The number of rotatable bonds is 5. The molecular formula is C16H21N3O2. The quantitative estimate of drug-likeness (QED) is 0.882. The number of benzene rings is 1. The molecule has 1 aromatic heterocycles. The number of aliphatic carboxylic acids is 1. The van der Waals surface area contributed by atoms with Crippen LogP contribution in [0.5, 0.6) is 0 Å². The first-order valence-corrected chi connectivity index (χ1v) is 6.91. The van der Waals surface area contributed by atoms with Crippen molar-refractivity contribution in [2.75, 3.05) is 7.05 Å². The number of aryl methyl sites for hydroxylation is 1. The second-order valence-corrected chi connectivity index (χ2v) is 5.28. The van der Waals surface area contributed by atoms with Gasteiger partial charge in [-0.1, -0.05) is 30.3 Å². The van der Waals surface area contributed by atoms with E-state index >= 15 is 0 Å². The summed E-state index contributed by atoms with van der Waals surface area (Å²) in [6, 6.07) is 9.21. The van der Waals surface area contributed by atoms with Crippen molar-refractivity contribution in [3.05, 3.63) is 52.8 Å². The van der Waals surface area contributed by atoms with Crippen LogP contribution >= 0.6 is 0 Å². The van der Waals surface area contributed by atoms with Gasteiger partial charge in [0.25, 0.3) is 0 Å². The van der Waals surface area contributed by atoms with Crippen LogP contribution < -0.4 is 5.32 Å². The Bertz CT molecular complexity index is 649. The van der Waals surface area contributed by atoms with Gasteiger partial charge >= 0.3 is 5.97 Å². The van der Waals surface area contributed by atoms with E-state index in [4.69, 9.17) is 0 Å². The Morgan fingerprint density at radius 1 is 1.29 bits per heavy atom. The number of hydrogen-bond donors (Lipinski definition) is 2. The van der Waals surface area contributed by atoms with E-state index in [9.17, 15) is 9.90 Å². The first-order valence-electron chi connectivity index (χ1n) is 6.91. The third-order valence-corrected chi connectivity index (χ3v) is 4.19. The zero-order valence-corrected chi connectivity index (χ0v) is 12.8. The number of carboxylic acids is 1. The average Bonchev–Trinajstić information content (AvgIpc) is 2.72. The molecule has 1 heterocycles. The predicted octanol–water partition coefficient (Wildman–Crippen LogP) is 2.01. The highest BCUT2D eigenvalue weighted by molar-refractivity contribution is 5.80. The number of carbonyl (C=O) groups is 1. The van der Waals surface area contributed by atoms with Crippen molar-refractivity contribution in [3.8, 4) is 0 Å². The van der Waals surface area contributed by atoms with Gasteiger partial charge in [-0.2, -0.15) is 5.10 Å². The summed E-state index contributed by atoms with van der Waals surface area (Å²) < 4.78 is 1.77. The molecule has 0 radical (unpaired) electrons. The third kappa shape index (κ3) is 2.56. The lowest BCUT2D eigenvalue weighted by Crippen LogP contribution is -2.51. The first kappa shape index (κ1) is 15.3. The van der Waals surface area contributed by atoms with Crippen molar-refractivity contribution in [1.82, 2.24) is 15.1 Å². The minimum absolute atomic E-state index is 0.239. The molecule has 1 atom stereocenters. The van der Waals surface area contributed by atoms with Gasteiger partial charge in [0.15, 0.2) is 5.54 Å². The van der Waals surface area contributed by atoms with Gasteiger partial charge in [-0.3, -0.25) is 10.00 Å². The second kappa shape index (κ2) is 5.69. The van der Waals surface area contributed by atoms with Crippen LogP contribution in [0.15, 0.2) is 30.3 Å². The Hall–Kier alpha value is -2.14. The molecule has 0 aliphatic rings. The molecule has 1 aromatic carbocycles. The van der Waals surface area contributed by atoms with E-state index in [-0.39, 0.29) is 6.54 Å². The van der Waals surface area contributed by atoms with Gasteiger partial charge in [0.05, 0.1) is 12.2 Å². The highest BCUT2D eigenvalue weighted by Gasteiger charge is 2.40. The summed E-state index contributed by atoms with van der Waals surface area (Å²) in [6.45, 7) is 6.13. The van der Waals surface area contributed by atoms with E-state index < -0.39 is 11.5 Å². The van der Waals surface area contributed by atoms with Crippen LogP contribution in [0.25, 0.3) is 0 Å². The van der Waals surface area contributed by atoms with E-state index in [1.807, 2.05) is 51.1 Å². The Morgan fingerprint density at radius 3 is 2.33 bits per heavy atom. The number of nitrogens with zero attached hydrogens (tertiary/aromatic N) is 2. The maximum atomic E-state index is 12.0. The minimum Gasteiger partial charge on any atom is -0.480 e. The van der Waals surface area contributed by atoms with Crippen molar-refractivity contribution in [1.29, 1.82) is 0 Å². The monoisotopic (exact) mass is 287 g/mol. The van der Waals surface area contributed by atoms with Gasteiger partial charge in [0, 0.05) is 5.69 Å². The molecule has 0 bridgehead atoms. The number of hydrogen-bond acceptors (Lipinski definition) is 3. The van der Waals surface area contributed by atoms with Crippen molar-refractivity contribution >= 4 is 5.97 Å². The highest BCUT2D eigenvalue weighted by Crippen LogP contribution is 2.25. The molecule has 2 rings (SSSR count). The lowest BCUT2D eigenvalue weighted by Gasteiger charge is -2.30. The fourth-order valence-corrected chi connectivity index (χ4v) is 2.50. The summed E-state index contributed by atoms with van der Waals surface area (Å²) in [7, 11) is 1.67. The zero-order valence-electron chi connectivity index (χ0n) is 12.8. The number of carboxylic acid groups (broad SMARTS) is 1. The lowest BCUT2D eigenvalue weighted by molar-refractivity contribution is -0.146. The molecule has 5 heteroatoms. The molecule has 0 aliphatic heterocycles. The fraction of sp³-hybridized carbons (Fsp3) is 0.375. The summed E-state index contributed by atoms with van der Waals surface area (Å²) in [5.74, 6) is -0.915. The van der Waals surface area contributed by atoms with Crippen LogP contribution in [0.3, 0.4) is 0 Å². The van der Waals surface area contributed by atoms with E-state index in [0.29, 0.717) is 5.56 Å². The number of likely N-dealkylation sites (N-methyl/N-ethyl adjacent to an activating group) is 1. The standard InChI is InChI=1S/C16H21N3O2/c1-11-12(2)18-19(13(11)3)10-16(17-4,15(20)21)14-8-6-5-7-9-14/h5-9,17H,10H2,1-4H3,(H,20,21). The molecule has 21 heavy (non-hydrogen) atoms. The Balaban J connectivity index is 2.51. The van der Waals surface area contributed by atoms with Crippen LogP contribution in [0.4, 0.5) is 0 Å². The van der Waals surface area contributed by atoms with Gasteiger partial charge in [0.2, 0.25) is 0 Å². The fourth-order valence-electron chi connectivity index (χ4n) is 2.50. The van der Waals surface area contributed by atoms with Crippen LogP contribution in [0.2, 0.25) is 0 Å².